The van der Waals surface area contributed by atoms with Gasteiger partial charge in [-0.05, 0) is 45.8 Å². The Bertz CT molecular complexity index is 641. The molecule has 20 heavy (non-hydrogen) atoms. The Balaban J connectivity index is 2.06. The lowest BCUT2D eigenvalue weighted by molar-refractivity contribution is -0.136. The molecule has 1 amide bonds. The SMILES string of the molecule is O=C(O)Cc1ccc(NC(=O)c2cccc(Br)n2)cc1. The molecule has 1 aromatic carbocycles. The maximum Gasteiger partial charge on any atom is 0.307 e. The van der Waals surface area contributed by atoms with Gasteiger partial charge in [0.1, 0.15) is 10.3 Å². The zero-order valence-corrected chi connectivity index (χ0v) is 11.9. The minimum Gasteiger partial charge on any atom is -0.481 e. The van der Waals surface area contributed by atoms with E-state index in [1.54, 1.807) is 42.5 Å². The number of amides is 1. The predicted octanol–water partition coefficient (Wildman–Crippen LogP) is 2.72. The van der Waals surface area contributed by atoms with Crippen molar-refractivity contribution >= 4 is 33.5 Å². The van der Waals surface area contributed by atoms with Crippen molar-refractivity contribution in [1.82, 2.24) is 4.98 Å². The molecule has 5 nitrogen and oxygen atoms in total. The van der Waals surface area contributed by atoms with E-state index in [1.165, 1.54) is 0 Å². The number of anilines is 1. The summed E-state index contributed by atoms with van der Waals surface area (Å²) in [5.74, 6) is -1.21. The predicted molar refractivity (Wildman–Crippen MR) is 77.7 cm³/mol. The molecule has 0 aliphatic rings. The van der Waals surface area contributed by atoms with E-state index in [4.69, 9.17) is 5.11 Å². The highest BCUT2D eigenvalue weighted by Gasteiger charge is 2.08. The molecule has 6 heteroatoms. The molecule has 0 aliphatic heterocycles. The molecule has 0 saturated heterocycles. The Morgan fingerprint density at radius 3 is 2.45 bits per heavy atom. The fraction of sp³-hybridized carbons (Fsp3) is 0.0714. The Morgan fingerprint density at radius 2 is 1.85 bits per heavy atom. The van der Waals surface area contributed by atoms with Gasteiger partial charge >= 0.3 is 5.97 Å². The summed E-state index contributed by atoms with van der Waals surface area (Å²) in [6.45, 7) is 0. The molecule has 1 heterocycles. The van der Waals surface area contributed by atoms with Crippen molar-refractivity contribution in [2.75, 3.05) is 5.32 Å². The van der Waals surface area contributed by atoms with Gasteiger partial charge in [-0.25, -0.2) is 4.98 Å². The summed E-state index contributed by atoms with van der Waals surface area (Å²) in [4.78, 5) is 26.6. The van der Waals surface area contributed by atoms with Crippen molar-refractivity contribution in [3.8, 4) is 0 Å². The first-order chi connectivity index (χ1) is 9.54. The zero-order valence-electron chi connectivity index (χ0n) is 10.3. The Morgan fingerprint density at radius 1 is 1.15 bits per heavy atom. The number of benzene rings is 1. The molecule has 2 N–H and O–H groups in total. The van der Waals surface area contributed by atoms with Gasteiger partial charge in [0.15, 0.2) is 0 Å². The quantitative estimate of drug-likeness (QED) is 0.842. The van der Waals surface area contributed by atoms with Crippen LogP contribution in [-0.4, -0.2) is 22.0 Å². The zero-order chi connectivity index (χ0) is 14.5. The summed E-state index contributed by atoms with van der Waals surface area (Å²) < 4.78 is 0.585. The maximum atomic E-state index is 11.9. The van der Waals surface area contributed by atoms with Crippen LogP contribution >= 0.6 is 15.9 Å². The summed E-state index contributed by atoms with van der Waals surface area (Å²) in [6, 6.07) is 11.7. The fourth-order valence-corrected chi connectivity index (χ4v) is 1.95. The third-order valence-corrected chi connectivity index (χ3v) is 2.96. The number of nitrogens with zero attached hydrogens (tertiary/aromatic N) is 1. The van der Waals surface area contributed by atoms with Crippen LogP contribution in [0, 0.1) is 0 Å². The van der Waals surface area contributed by atoms with Crippen LogP contribution in [0.4, 0.5) is 5.69 Å². The number of carboxylic acids is 1. The van der Waals surface area contributed by atoms with E-state index in [1.807, 2.05) is 0 Å². The molecular formula is C14H11BrN2O3. The normalized spacial score (nSPS) is 10.1. The molecule has 2 rings (SSSR count). The third-order valence-electron chi connectivity index (χ3n) is 2.51. The van der Waals surface area contributed by atoms with Gasteiger partial charge in [-0.3, -0.25) is 9.59 Å². The van der Waals surface area contributed by atoms with E-state index in [-0.39, 0.29) is 12.3 Å². The minimum atomic E-state index is -0.889. The van der Waals surface area contributed by atoms with Crippen LogP contribution in [0.3, 0.4) is 0 Å². The van der Waals surface area contributed by atoms with Crippen molar-refractivity contribution in [3.05, 3.63) is 58.3 Å². The van der Waals surface area contributed by atoms with Gasteiger partial charge in [0.05, 0.1) is 6.42 Å². The summed E-state index contributed by atoms with van der Waals surface area (Å²) in [5, 5.41) is 11.4. The summed E-state index contributed by atoms with van der Waals surface area (Å²) in [6.07, 6.45) is -0.0403. The molecule has 0 bridgehead atoms. The van der Waals surface area contributed by atoms with Gasteiger partial charge in [0.25, 0.3) is 5.91 Å². The number of carbonyl (C=O) groups is 2. The van der Waals surface area contributed by atoms with Crippen molar-refractivity contribution in [3.63, 3.8) is 0 Å². The van der Waals surface area contributed by atoms with Crippen LogP contribution in [-0.2, 0) is 11.2 Å². The molecule has 0 saturated carbocycles. The lowest BCUT2D eigenvalue weighted by Gasteiger charge is -2.05. The maximum absolute atomic E-state index is 11.9. The van der Waals surface area contributed by atoms with Gasteiger partial charge < -0.3 is 10.4 Å². The number of rotatable bonds is 4. The highest BCUT2D eigenvalue weighted by atomic mass is 79.9. The van der Waals surface area contributed by atoms with Gasteiger partial charge in [-0.15, -0.1) is 0 Å². The first-order valence-electron chi connectivity index (χ1n) is 5.79. The molecular weight excluding hydrogens is 324 g/mol. The Hall–Kier alpha value is -2.21. The monoisotopic (exact) mass is 334 g/mol. The average molecular weight is 335 g/mol. The number of carboxylic acid groups (broad SMARTS) is 1. The standard InChI is InChI=1S/C14H11BrN2O3/c15-12-3-1-2-11(17-12)14(20)16-10-6-4-9(5-7-10)8-13(18)19/h1-7H,8H2,(H,16,20)(H,18,19). The van der Waals surface area contributed by atoms with E-state index >= 15 is 0 Å². The largest absolute Gasteiger partial charge is 0.481 e. The molecule has 1 aromatic heterocycles. The lowest BCUT2D eigenvalue weighted by atomic mass is 10.1. The minimum absolute atomic E-state index is 0.0403. The number of carbonyl (C=O) groups excluding carboxylic acids is 1. The van der Waals surface area contributed by atoms with Crippen molar-refractivity contribution in [2.24, 2.45) is 0 Å². The van der Waals surface area contributed by atoms with E-state index in [0.717, 1.165) is 0 Å². The Kier molecular flexibility index (Phi) is 4.47. The van der Waals surface area contributed by atoms with Crippen molar-refractivity contribution < 1.29 is 14.7 Å². The number of nitrogens with one attached hydrogen (secondary N) is 1. The molecule has 0 unspecified atom stereocenters. The first-order valence-corrected chi connectivity index (χ1v) is 6.58. The smallest absolute Gasteiger partial charge is 0.307 e. The fourth-order valence-electron chi connectivity index (χ4n) is 1.61. The molecule has 0 spiro atoms. The second-order valence-corrected chi connectivity index (χ2v) is 4.88. The lowest BCUT2D eigenvalue weighted by Crippen LogP contribution is -2.13. The second-order valence-electron chi connectivity index (χ2n) is 4.07. The first kappa shape index (κ1) is 14.2. The summed E-state index contributed by atoms with van der Waals surface area (Å²) >= 11 is 3.20. The molecule has 0 fully saturated rings. The van der Waals surface area contributed by atoms with Crippen LogP contribution in [0.1, 0.15) is 16.1 Å². The molecule has 0 atom stereocenters. The summed E-state index contributed by atoms with van der Waals surface area (Å²) in [7, 11) is 0. The van der Waals surface area contributed by atoms with Crippen LogP contribution in [0.25, 0.3) is 0 Å². The average Bonchev–Trinajstić information content (AvgIpc) is 2.40. The van der Waals surface area contributed by atoms with Crippen LogP contribution in [0.15, 0.2) is 47.1 Å². The number of pyridine rings is 1. The number of hydrogen-bond acceptors (Lipinski definition) is 3. The van der Waals surface area contributed by atoms with Gasteiger partial charge in [0.2, 0.25) is 0 Å². The number of aromatic nitrogens is 1. The summed E-state index contributed by atoms with van der Waals surface area (Å²) in [5.41, 5.74) is 1.57. The molecule has 2 aromatic rings. The highest BCUT2D eigenvalue weighted by molar-refractivity contribution is 9.10. The van der Waals surface area contributed by atoms with Crippen molar-refractivity contribution in [1.29, 1.82) is 0 Å². The van der Waals surface area contributed by atoms with Gasteiger partial charge in [-0.1, -0.05) is 18.2 Å². The van der Waals surface area contributed by atoms with E-state index in [0.29, 0.717) is 21.5 Å². The molecule has 0 aliphatic carbocycles. The van der Waals surface area contributed by atoms with Crippen LogP contribution in [0.2, 0.25) is 0 Å². The molecule has 102 valence electrons. The third kappa shape index (κ3) is 3.89. The van der Waals surface area contributed by atoms with Crippen LogP contribution in [0.5, 0.6) is 0 Å². The number of halogens is 1. The highest BCUT2D eigenvalue weighted by Crippen LogP contribution is 2.12. The topological polar surface area (TPSA) is 79.3 Å². The van der Waals surface area contributed by atoms with Gasteiger partial charge in [-0.2, -0.15) is 0 Å². The van der Waals surface area contributed by atoms with E-state index in [2.05, 4.69) is 26.2 Å². The van der Waals surface area contributed by atoms with Crippen LogP contribution < -0.4 is 5.32 Å². The molecule has 0 radical (unpaired) electrons. The number of aliphatic carboxylic acids is 1. The Labute approximate surface area is 123 Å². The number of hydrogen-bond donors (Lipinski definition) is 2. The second kappa shape index (κ2) is 6.29. The van der Waals surface area contributed by atoms with Crippen molar-refractivity contribution in [2.45, 2.75) is 6.42 Å². The van der Waals surface area contributed by atoms with Gasteiger partial charge in [0, 0.05) is 5.69 Å². The van der Waals surface area contributed by atoms with E-state index < -0.39 is 5.97 Å². The van der Waals surface area contributed by atoms with E-state index in [9.17, 15) is 9.59 Å².